The van der Waals surface area contributed by atoms with Crippen LogP contribution in [0.3, 0.4) is 0 Å². The van der Waals surface area contributed by atoms with E-state index in [9.17, 15) is 20.1 Å². The summed E-state index contributed by atoms with van der Waals surface area (Å²) < 4.78 is 18.5. The highest BCUT2D eigenvalue weighted by Gasteiger charge is 2.84. The summed E-state index contributed by atoms with van der Waals surface area (Å²) in [5.41, 5.74) is 4.52. The summed E-state index contributed by atoms with van der Waals surface area (Å²) >= 11 is 0. The average molecular weight is 592 g/mol. The molecule has 2 spiro atoms. The maximum atomic E-state index is 12.4. The summed E-state index contributed by atoms with van der Waals surface area (Å²) in [6.45, 7) is 16.6. The van der Waals surface area contributed by atoms with Gasteiger partial charge in [-0.3, -0.25) is 4.79 Å². The Hall–Kier alpha value is -0.770. The molecule has 0 aromatic heterocycles. The highest BCUT2D eigenvalue weighted by atomic mass is 16.6. The zero-order valence-electron chi connectivity index (χ0n) is 27.2. The summed E-state index contributed by atoms with van der Waals surface area (Å²) in [5, 5.41) is 33.6. The molecule has 5 aliphatic carbocycles. The van der Waals surface area contributed by atoms with E-state index in [1.165, 1.54) is 19.8 Å². The number of hydrogen-bond acceptors (Lipinski definition) is 8. The molecule has 42 heavy (non-hydrogen) atoms. The van der Waals surface area contributed by atoms with Gasteiger partial charge in [0.25, 0.3) is 0 Å². The van der Waals surface area contributed by atoms with Crippen molar-refractivity contribution < 1.29 is 34.3 Å². The van der Waals surface area contributed by atoms with Gasteiger partial charge in [-0.05, 0) is 111 Å². The van der Waals surface area contributed by atoms with Crippen LogP contribution in [0.15, 0.2) is 0 Å². The van der Waals surface area contributed by atoms with Gasteiger partial charge in [-0.15, -0.1) is 0 Å². The van der Waals surface area contributed by atoms with Gasteiger partial charge >= 0.3 is 5.97 Å². The molecule has 5 unspecified atom stereocenters. The standard InChI is InChI=1S/C34H57NO7/c1-18-15-20(28(30(5,6)39)40-19(2)36)41-26-25(18)31(7)13-14-34-17-33(34)12-11-23(42-24(37)16-35)29(3,4)21(33)9-10-22(34)32(31,8)27(26)38/h18,20-28,37-39H,9-17,35H2,1-8H3/t18-,20?,21+,22+,23+,24?,25?,26?,27+,28+,31-,32-,33-,34?/m1/s1. The molecule has 0 aromatic carbocycles. The van der Waals surface area contributed by atoms with E-state index >= 15 is 0 Å². The van der Waals surface area contributed by atoms with E-state index < -0.39 is 36.2 Å². The minimum Gasteiger partial charge on any atom is -0.457 e. The number of carbonyl (C=O) groups excluding carboxylic acids is 1. The largest absolute Gasteiger partial charge is 0.457 e. The summed E-state index contributed by atoms with van der Waals surface area (Å²) in [6.07, 6.45) is 5.28. The first kappa shape index (κ1) is 31.2. The second-order valence-electron chi connectivity index (χ2n) is 17.1. The van der Waals surface area contributed by atoms with Crippen LogP contribution in [0.4, 0.5) is 0 Å². The van der Waals surface area contributed by atoms with Crippen molar-refractivity contribution in [1.29, 1.82) is 0 Å². The zero-order chi connectivity index (χ0) is 30.8. The van der Waals surface area contributed by atoms with E-state index in [-0.39, 0.29) is 57.7 Å². The molecule has 8 nitrogen and oxygen atoms in total. The Morgan fingerprint density at radius 3 is 2.33 bits per heavy atom. The molecule has 5 N–H and O–H groups in total. The summed E-state index contributed by atoms with van der Waals surface area (Å²) in [6, 6.07) is 0. The number of rotatable bonds is 6. The number of carbonyl (C=O) groups is 1. The van der Waals surface area contributed by atoms with E-state index in [0.29, 0.717) is 18.3 Å². The van der Waals surface area contributed by atoms with E-state index in [4.69, 9.17) is 19.9 Å². The highest BCUT2D eigenvalue weighted by molar-refractivity contribution is 5.66. The first-order valence-electron chi connectivity index (χ1n) is 16.7. The van der Waals surface area contributed by atoms with Crippen molar-refractivity contribution >= 4 is 5.97 Å². The second kappa shape index (κ2) is 9.62. The number of aliphatic hydroxyl groups is 3. The first-order chi connectivity index (χ1) is 19.4. The molecule has 1 saturated heterocycles. The number of esters is 1. The molecule has 240 valence electrons. The third-order valence-electron chi connectivity index (χ3n) is 14.6. The van der Waals surface area contributed by atoms with E-state index in [1.807, 2.05) is 0 Å². The van der Waals surface area contributed by atoms with Gasteiger partial charge in [0.15, 0.2) is 12.4 Å². The second-order valence-corrected chi connectivity index (χ2v) is 17.1. The molecule has 1 heterocycles. The average Bonchev–Trinajstić information content (AvgIpc) is 3.52. The van der Waals surface area contributed by atoms with Gasteiger partial charge < -0.3 is 35.3 Å². The fourth-order valence-electron chi connectivity index (χ4n) is 12.8. The molecule has 0 bridgehead atoms. The Morgan fingerprint density at radius 2 is 1.71 bits per heavy atom. The van der Waals surface area contributed by atoms with Crippen LogP contribution >= 0.6 is 0 Å². The van der Waals surface area contributed by atoms with Crippen molar-refractivity contribution in [1.82, 2.24) is 0 Å². The number of ether oxygens (including phenoxy) is 3. The van der Waals surface area contributed by atoms with Crippen LogP contribution in [0.5, 0.6) is 0 Å². The van der Waals surface area contributed by atoms with E-state index in [2.05, 4.69) is 34.6 Å². The lowest BCUT2D eigenvalue weighted by atomic mass is 9.41. The van der Waals surface area contributed by atoms with Crippen molar-refractivity contribution in [3.05, 3.63) is 0 Å². The van der Waals surface area contributed by atoms with Crippen LogP contribution in [0.25, 0.3) is 0 Å². The Balaban J connectivity index is 1.30. The van der Waals surface area contributed by atoms with Gasteiger partial charge in [-0.1, -0.05) is 34.6 Å². The molecule has 1 aliphatic heterocycles. The predicted molar refractivity (Wildman–Crippen MR) is 158 cm³/mol. The van der Waals surface area contributed by atoms with E-state index in [0.717, 1.165) is 32.1 Å². The molecule has 6 rings (SSSR count). The predicted octanol–water partition coefficient (Wildman–Crippen LogP) is 4.16. The molecule has 14 atom stereocenters. The van der Waals surface area contributed by atoms with Gasteiger partial charge in [0.1, 0.15) is 0 Å². The lowest BCUT2D eigenvalue weighted by molar-refractivity contribution is -0.219. The molecular formula is C34H57NO7. The van der Waals surface area contributed by atoms with Gasteiger partial charge in [-0.25, -0.2) is 0 Å². The number of nitrogens with two attached hydrogens (primary N) is 1. The summed E-state index contributed by atoms with van der Waals surface area (Å²) in [7, 11) is 0. The number of aliphatic hydroxyl groups excluding tert-OH is 2. The number of hydrogen-bond donors (Lipinski definition) is 4. The zero-order valence-corrected chi connectivity index (χ0v) is 27.2. The first-order valence-corrected chi connectivity index (χ1v) is 16.7. The normalized spacial score (nSPS) is 52.1. The van der Waals surface area contributed by atoms with Crippen molar-refractivity contribution in [2.75, 3.05) is 6.54 Å². The highest BCUT2D eigenvalue weighted by Crippen LogP contribution is 2.89. The Bertz CT molecular complexity index is 1090. The van der Waals surface area contributed by atoms with E-state index in [1.54, 1.807) is 13.8 Å². The van der Waals surface area contributed by atoms with Crippen LogP contribution in [0, 0.1) is 50.7 Å². The maximum absolute atomic E-state index is 12.4. The molecule has 5 saturated carbocycles. The maximum Gasteiger partial charge on any atom is 0.303 e. The lowest BCUT2D eigenvalue weighted by Gasteiger charge is -2.63. The fourth-order valence-corrected chi connectivity index (χ4v) is 12.8. The van der Waals surface area contributed by atoms with Gasteiger partial charge in [-0.2, -0.15) is 0 Å². The monoisotopic (exact) mass is 591 g/mol. The molecule has 6 aliphatic rings. The lowest BCUT2D eigenvalue weighted by Crippen LogP contribution is -2.60. The molecule has 0 aromatic rings. The summed E-state index contributed by atoms with van der Waals surface area (Å²) in [4.78, 5) is 12.0. The van der Waals surface area contributed by atoms with Crippen LogP contribution < -0.4 is 5.73 Å². The summed E-state index contributed by atoms with van der Waals surface area (Å²) in [5.74, 6) is 0.968. The Kier molecular flexibility index (Phi) is 7.15. The minimum absolute atomic E-state index is 0.00242. The molecule has 8 heteroatoms. The Morgan fingerprint density at radius 1 is 1.07 bits per heavy atom. The van der Waals surface area contributed by atoms with Crippen molar-refractivity contribution in [2.24, 2.45) is 56.5 Å². The molecule has 6 fully saturated rings. The third kappa shape index (κ3) is 3.90. The minimum atomic E-state index is -1.26. The van der Waals surface area contributed by atoms with Gasteiger partial charge in [0.2, 0.25) is 0 Å². The van der Waals surface area contributed by atoms with Crippen molar-refractivity contribution in [3.8, 4) is 0 Å². The number of fused-ring (bicyclic) bond motifs is 4. The fraction of sp³-hybridized carbons (Fsp3) is 0.971. The van der Waals surface area contributed by atoms with Gasteiger partial charge in [0, 0.05) is 18.9 Å². The van der Waals surface area contributed by atoms with Crippen molar-refractivity contribution in [2.45, 2.75) is 149 Å². The van der Waals surface area contributed by atoms with Crippen LogP contribution in [0.1, 0.15) is 107 Å². The molecule has 0 amide bonds. The molecular weight excluding hydrogens is 534 g/mol. The van der Waals surface area contributed by atoms with Gasteiger partial charge in [0.05, 0.1) is 30.0 Å². The molecule has 0 radical (unpaired) electrons. The topological polar surface area (TPSA) is 131 Å². The quantitative estimate of drug-likeness (QED) is 0.268. The Labute approximate surface area is 252 Å². The SMILES string of the molecule is CC(=O)O[C@@H](C1C[C@@H](C)C2C(O1)[C@H](O)[C@@]1(C)[C@@H]3CC[C@H]4C(C)(C)[C@@H](OC(O)CN)CC[C@@]45CC35CC[C@]21C)C(C)(C)O. The van der Waals surface area contributed by atoms with Crippen LogP contribution in [-0.2, 0) is 19.0 Å². The third-order valence-corrected chi connectivity index (χ3v) is 14.6. The van der Waals surface area contributed by atoms with Crippen molar-refractivity contribution in [3.63, 3.8) is 0 Å². The van der Waals surface area contributed by atoms with Crippen LogP contribution in [-0.4, -0.2) is 70.2 Å². The van der Waals surface area contributed by atoms with Crippen LogP contribution in [0.2, 0.25) is 0 Å². The smallest absolute Gasteiger partial charge is 0.303 e.